The average molecular weight is 240 g/mol. The lowest BCUT2D eigenvalue weighted by molar-refractivity contribution is -0.0104. The number of hydrogen-bond donors (Lipinski definition) is 0. The first-order valence-electron chi connectivity index (χ1n) is 5.69. The molecular weight excluding hydrogens is 226 g/mol. The Labute approximate surface area is 99.6 Å². The summed E-state index contributed by atoms with van der Waals surface area (Å²) in [6.07, 6.45) is 2.76. The maximum Gasteiger partial charge on any atom is 0.233 e. The second kappa shape index (κ2) is 4.18. The molecule has 3 fully saturated rings. The van der Waals surface area contributed by atoms with E-state index in [1.54, 1.807) is 12.1 Å². The molecule has 3 aliphatic heterocycles. The highest BCUT2D eigenvalue weighted by atomic mass is 35.5. The van der Waals surface area contributed by atoms with Gasteiger partial charge in [0.25, 0.3) is 0 Å². The number of piperidine rings is 3. The Kier molecular flexibility index (Phi) is 2.69. The van der Waals surface area contributed by atoms with E-state index >= 15 is 0 Å². The standard InChI is InChI=1S/C11H14ClN3O/c12-10-1-2-11(14-13-10)16-9-7-15-5-3-8(9)4-6-15/h1-2,8-9H,3-7H2/t9-/m1/s1. The third kappa shape index (κ3) is 1.99. The number of nitrogens with zero attached hydrogens (tertiary/aromatic N) is 3. The highest BCUT2D eigenvalue weighted by molar-refractivity contribution is 6.29. The van der Waals surface area contributed by atoms with Crippen molar-refractivity contribution < 1.29 is 4.74 Å². The average Bonchev–Trinajstić information content (AvgIpc) is 2.34. The van der Waals surface area contributed by atoms with Crippen LogP contribution >= 0.6 is 11.6 Å². The third-order valence-electron chi connectivity index (χ3n) is 3.48. The summed E-state index contributed by atoms with van der Waals surface area (Å²) < 4.78 is 5.87. The lowest BCUT2D eigenvalue weighted by atomic mass is 9.86. The molecule has 4 rings (SSSR count). The fourth-order valence-electron chi connectivity index (χ4n) is 2.57. The van der Waals surface area contributed by atoms with Crippen molar-refractivity contribution in [2.24, 2.45) is 5.92 Å². The SMILES string of the molecule is Clc1ccc(O[C@@H]2CN3CCC2CC3)nn1. The Bertz CT molecular complexity index is 362. The van der Waals surface area contributed by atoms with Crippen molar-refractivity contribution in [3.63, 3.8) is 0 Å². The lowest BCUT2D eigenvalue weighted by Crippen LogP contribution is -2.52. The van der Waals surface area contributed by atoms with Crippen LogP contribution in [0.25, 0.3) is 0 Å². The first-order valence-corrected chi connectivity index (χ1v) is 6.07. The summed E-state index contributed by atoms with van der Waals surface area (Å²) in [6.45, 7) is 3.46. The van der Waals surface area contributed by atoms with Crippen LogP contribution in [-0.4, -0.2) is 40.8 Å². The first-order chi connectivity index (χ1) is 7.81. The molecule has 0 aromatic carbocycles. The molecule has 86 valence electrons. The van der Waals surface area contributed by atoms with Crippen molar-refractivity contribution in [3.05, 3.63) is 17.3 Å². The Balaban J connectivity index is 1.68. The zero-order valence-electron chi connectivity index (χ0n) is 8.97. The molecule has 3 aliphatic rings. The maximum atomic E-state index is 5.87. The number of hydrogen-bond acceptors (Lipinski definition) is 4. The second-order valence-electron chi connectivity index (χ2n) is 4.49. The summed E-state index contributed by atoms with van der Waals surface area (Å²) >= 11 is 5.68. The fourth-order valence-corrected chi connectivity index (χ4v) is 2.67. The summed E-state index contributed by atoms with van der Waals surface area (Å²) in [7, 11) is 0. The van der Waals surface area contributed by atoms with Crippen molar-refractivity contribution in [1.82, 2.24) is 15.1 Å². The molecule has 0 aliphatic carbocycles. The molecular formula is C11H14ClN3O. The van der Waals surface area contributed by atoms with E-state index in [9.17, 15) is 0 Å². The molecule has 4 nitrogen and oxygen atoms in total. The van der Waals surface area contributed by atoms with Crippen LogP contribution in [0.1, 0.15) is 12.8 Å². The van der Waals surface area contributed by atoms with E-state index in [-0.39, 0.29) is 6.10 Å². The highest BCUT2D eigenvalue weighted by Gasteiger charge is 2.35. The topological polar surface area (TPSA) is 38.2 Å². The van der Waals surface area contributed by atoms with Gasteiger partial charge < -0.3 is 4.74 Å². The molecule has 3 saturated heterocycles. The maximum absolute atomic E-state index is 5.87. The Morgan fingerprint density at radius 3 is 2.62 bits per heavy atom. The van der Waals surface area contributed by atoms with Crippen molar-refractivity contribution in [2.45, 2.75) is 18.9 Å². The molecule has 1 atom stereocenters. The van der Waals surface area contributed by atoms with Crippen LogP contribution in [-0.2, 0) is 0 Å². The van der Waals surface area contributed by atoms with Crippen LogP contribution in [0.4, 0.5) is 0 Å². The summed E-state index contributed by atoms with van der Waals surface area (Å²) in [6, 6.07) is 3.50. The van der Waals surface area contributed by atoms with Crippen molar-refractivity contribution in [2.75, 3.05) is 19.6 Å². The Morgan fingerprint density at radius 2 is 2.06 bits per heavy atom. The molecule has 0 unspecified atom stereocenters. The van der Waals surface area contributed by atoms with Crippen molar-refractivity contribution in [3.8, 4) is 5.88 Å². The van der Waals surface area contributed by atoms with Gasteiger partial charge in [0.1, 0.15) is 6.10 Å². The summed E-state index contributed by atoms with van der Waals surface area (Å²) in [5.74, 6) is 1.27. The molecule has 5 heteroatoms. The number of aromatic nitrogens is 2. The number of ether oxygens (including phenoxy) is 1. The van der Waals surface area contributed by atoms with Gasteiger partial charge in [-0.05, 0) is 37.9 Å². The molecule has 1 aromatic heterocycles. The quantitative estimate of drug-likeness (QED) is 0.786. The van der Waals surface area contributed by atoms with Crippen LogP contribution in [0.15, 0.2) is 12.1 Å². The second-order valence-corrected chi connectivity index (χ2v) is 4.88. The molecule has 1 aromatic rings. The number of fused-ring (bicyclic) bond motifs is 3. The first kappa shape index (κ1) is 10.3. The van der Waals surface area contributed by atoms with E-state index in [1.165, 1.54) is 25.9 Å². The van der Waals surface area contributed by atoms with Crippen LogP contribution in [0.5, 0.6) is 5.88 Å². The van der Waals surface area contributed by atoms with Crippen LogP contribution in [0.3, 0.4) is 0 Å². The summed E-state index contributed by atoms with van der Waals surface area (Å²) in [5.41, 5.74) is 0. The number of rotatable bonds is 2. The van der Waals surface area contributed by atoms with E-state index in [1.807, 2.05) is 0 Å². The Hall–Kier alpha value is -0.870. The minimum Gasteiger partial charge on any atom is -0.472 e. The molecule has 0 N–H and O–H groups in total. The van der Waals surface area contributed by atoms with Gasteiger partial charge in [0.05, 0.1) is 0 Å². The van der Waals surface area contributed by atoms with Gasteiger partial charge in [0, 0.05) is 12.6 Å². The summed E-state index contributed by atoms with van der Waals surface area (Å²) in [4.78, 5) is 2.45. The normalized spacial score (nSPS) is 32.7. The Morgan fingerprint density at radius 1 is 1.25 bits per heavy atom. The zero-order valence-corrected chi connectivity index (χ0v) is 9.73. The van der Waals surface area contributed by atoms with Crippen LogP contribution < -0.4 is 4.74 Å². The van der Waals surface area contributed by atoms with E-state index < -0.39 is 0 Å². The molecule has 2 bridgehead atoms. The van der Waals surface area contributed by atoms with Gasteiger partial charge in [-0.2, -0.15) is 0 Å². The van der Waals surface area contributed by atoms with Gasteiger partial charge >= 0.3 is 0 Å². The fraction of sp³-hybridized carbons (Fsp3) is 0.636. The smallest absolute Gasteiger partial charge is 0.233 e. The molecule has 0 radical (unpaired) electrons. The minimum absolute atomic E-state index is 0.276. The lowest BCUT2D eigenvalue weighted by Gasteiger charge is -2.44. The monoisotopic (exact) mass is 239 g/mol. The summed E-state index contributed by atoms with van der Waals surface area (Å²) in [5, 5.41) is 8.12. The minimum atomic E-state index is 0.276. The van der Waals surface area contributed by atoms with Crippen LogP contribution in [0.2, 0.25) is 5.15 Å². The molecule has 16 heavy (non-hydrogen) atoms. The molecule has 4 heterocycles. The van der Waals surface area contributed by atoms with E-state index in [4.69, 9.17) is 16.3 Å². The highest BCUT2D eigenvalue weighted by Crippen LogP contribution is 2.30. The van der Waals surface area contributed by atoms with Gasteiger partial charge in [-0.25, -0.2) is 0 Å². The van der Waals surface area contributed by atoms with Crippen molar-refractivity contribution in [1.29, 1.82) is 0 Å². The molecule has 0 saturated carbocycles. The molecule has 0 amide bonds. The van der Waals surface area contributed by atoms with E-state index in [2.05, 4.69) is 15.1 Å². The van der Waals surface area contributed by atoms with Gasteiger partial charge in [-0.15, -0.1) is 10.2 Å². The van der Waals surface area contributed by atoms with Gasteiger partial charge in [-0.3, -0.25) is 4.90 Å². The van der Waals surface area contributed by atoms with Gasteiger partial charge in [-0.1, -0.05) is 11.6 Å². The number of halogens is 1. The van der Waals surface area contributed by atoms with Crippen molar-refractivity contribution >= 4 is 11.6 Å². The van der Waals surface area contributed by atoms with E-state index in [0.717, 1.165) is 6.54 Å². The largest absolute Gasteiger partial charge is 0.472 e. The van der Waals surface area contributed by atoms with Crippen LogP contribution in [0, 0.1) is 5.92 Å². The predicted molar refractivity (Wildman–Crippen MR) is 60.6 cm³/mol. The van der Waals surface area contributed by atoms with E-state index in [0.29, 0.717) is 17.0 Å². The predicted octanol–water partition coefficient (Wildman–Crippen LogP) is 1.60. The third-order valence-corrected chi connectivity index (χ3v) is 3.68. The zero-order chi connectivity index (χ0) is 11.0. The van der Waals surface area contributed by atoms with Gasteiger partial charge in [0.2, 0.25) is 5.88 Å². The molecule has 0 spiro atoms. The van der Waals surface area contributed by atoms with Gasteiger partial charge in [0.15, 0.2) is 5.15 Å².